The summed E-state index contributed by atoms with van der Waals surface area (Å²) >= 11 is 0. The number of pyridine rings is 1. The van der Waals surface area contributed by atoms with Crippen LogP contribution < -0.4 is 10.6 Å². The molecule has 2 nitrogen and oxygen atoms in total. The molecule has 1 atom stereocenters. The molecule has 3 heteroatoms. The van der Waals surface area contributed by atoms with Gasteiger partial charge >= 0.3 is 0 Å². The molecule has 0 saturated heterocycles. The van der Waals surface area contributed by atoms with Gasteiger partial charge in [0.1, 0.15) is 5.65 Å². The molecule has 0 N–H and O–H groups in total. The normalized spacial score (nSPS) is 13.2. The smallest absolute Gasteiger partial charge is 0.147 e. The number of imidazole rings is 1. The van der Waals surface area contributed by atoms with E-state index >= 15 is 0 Å². The Kier molecular flexibility index (Phi) is 7.01. The summed E-state index contributed by atoms with van der Waals surface area (Å²) in [5.74, 6) is 0. The van der Waals surface area contributed by atoms with Gasteiger partial charge in [0.05, 0.1) is 16.6 Å². The number of hydrogen-bond donors (Lipinski definition) is 0. The van der Waals surface area contributed by atoms with Gasteiger partial charge in [-0.05, 0) is 82.7 Å². The van der Waals surface area contributed by atoms with Crippen LogP contribution in [0.1, 0.15) is 20.3 Å². The van der Waals surface area contributed by atoms with Crippen molar-refractivity contribution in [3.8, 4) is 11.1 Å². The number of fused-ring (bicyclic) bond motifs is 10. The van der Waals surface area contributed by atoms with Crippen LogP contribution in [-0.2, 0) is 0 Å². The van der Waals surface area contributed by atoms with Gasteiger partial charge in [-0.15, -0.1) is 0 Å². The van der Waals surface area contributed by atoms with Crippen molar-refractivity contribution in [3.63, 3.8) is 0 Å². The lowest BCUT2D eigenvalue weighted by Gasteiger charge is -2.21. The molecule has 1 unspecified atom stereocenters. The van der Waals surface area contributed by atoms with E-state index in [-0.39, 0.29) is 0 Å². The van der Waals surface area contributed by atoms with Gasteiger partial charge in [-0.3, -0.25) is 4.40 Å². The predicted molar refractivity (Wildman–Crippen MR) is 196 cm³/mol. The number of allylic oxidation sites excluding steroid dienone is 4. The van der Waals surface area contributed by atoms with Gasteiger partial charge in [0.25, 0.3) is 0 Å². The second-order valence-corrected chi connectivity index (χ2v) is 13.7. The van der Waals surface area contributed by atoms with Crippen molar-refractivity contribution in [3.05, 3.63) is 157 Å². The summed E-state index contributed by atoms with van der Waals surface area (Å²) in [5, 5.41) is 10.3. The van der Waals surface area contributed by atoms with Gasteiger partial charge in [0, 0.05) is 10.8 Å². The second kappa shape index (κ2) is 11.5. The molecule has 0 fully saturated rings. The molecule has 8 aromatic rings. The summed E-state index contributed by atoms with van der Waals surface area (Å²) in [6.45, 7) is 4.33. The minimum absolute atomic E-state index is 0.645. The fraction of sp³-hybridized carbons (Fsp3) is 0.0714. The molecular formula is C42H33N2P. The first-order valence-corrected chi connectivity index (χ1v) is 17.0. The largest absolute Gasteiger partial charge is 0.292 e. The van der Waals surface area contributed by atoms with Crippen molar-refractivity contribution in [2.45, 2.75) is 20.3 Å². The summed E-state index contributed by atoms with van der Waals surface area (Å²) in [6.07, 6.45) is 7.84. The first-order chi connectivity index (χ1) is 22.2. The Balaban J connectivity index is 1.32. The molecule has 2 heterocycles. The van der Waals surface area contributed by atoms with E-state index in [0.29, 0.717) is 0 Å². The van der Waals surface area contributed by atoms with Crippen molar-refractivity contribution in [2.75, 3.05) is 0 Å². The molecule has 0 bridgehead atoms. The third kappa shape index (κ3) is 4.65. The number of aromatic nitrogens is 2. The van der Waals surface area contributed by atoms with Crippen LogP contribution in [0.2, 0.25) is 0 Å². The molecule has 216 valence electrons. The van der Waals surface area contributed by atoms with Crippen molar-refractivity contribution in [1.82, 2.24) is 9.38 Å². The highest BCUT2D eigenvalue weighted by atomic mass is 31.1. The molecule has 2 aromatic heterocycles. The zero-order chi connectivity index (χ0) is 30.3. The predicted octanol–water partition coefficient (Wildman–Crippen LogP) is 10.9. The maximum atomic E-state index is 5.21. The number of nitrogens with zero attached hydrogens (tertiary/aromatic N) is 2. The van der Waals surface area contributed by atoms with Gasteiger partial charge in [-0.25, -0.2) is 4.98 Å². The molecule has 8 rings (SSSR count). The Morgan fingerprint density at radius 3 is 2.20 bits per heavy atom. The van der Waals surface area contributed by atoms with Crippen LogP contribution in [0.15, 0.2) is 157 Å². The van der Waals surface area contributed by atoms with Crippen LogP contribution in [0.25, 0.3) is 60.3 Å². The first kappa shape index (κ1) is 27.5. The highest BCUT2D eigenvalue weighted by Crippen LogP contribution is 2.44. The number of benzene rings is 6. The average Bonchev–Trinajstić information content (AvgIpc) is 3.49. The van der Waals surface area contributed by atoms with Crippen LogP contribution in [0.5, 0.6) is 0 Å². The molecule has 6 aromatic carbocycles. The van der Waals surface area contributed by atoms with Crippen molar-refractivity contribution < 1.29 is 0 Å². The monoisotopic (exact) mass is 596 g/mol. The summed E-state index contributed by atoms with van der Waals surface area (Å²) in [4.78, 5) is 5.21. The first-order valence-electron chi connectivity index (χ1n) is 15.7. The van der Waals surface area contributed by atoms with Crippen LogP contribution >= 0.6 is 7.92 Å². The minimum Gasteiger partial charge on any atom is -0.292 e. The maximum absolute atomic E-state index is 5.21. The Hall–Kier alpha value is -5.04. The highest BCUT2D eigenvalue weighted by molar-refractivity contribution is 7.77. The van der Waals surface area contributed by atoms with Gasteiger partial charge in [-0.1, -0.05) is 140 Å². The van der Waals surface area contributed by atoms with E-state index in [4.69, 9.17) is 4.98 Å². The molecule has 0 saturated carbocycles. The van der Waals surface area contributed by atoms with Gasteiger partial charge in [-0.2, -0.15) is 0 Å². The summed E-state index contributed by atoms with van der Waals surface area (Å²) < 4.78 is 2.37. The fourth-order valence-corrected chi connectivity index (χ4v) is 9.21. The van der Waals surface area contributed by atoms with Crippen LogP contribution in [0, 0.1) is 0 Å². The lowest BCUT2D eigenvalue weighted by Crippen LogP contribution is -2.12. The summed E-state index contributed by atoms with van der Waals surface area (Å²) in [6, 6.07) is 48.8. The van der Waals surface area contributed by atoms with Crippen LogP contribution in [-0.4, -0.2) is 9.38 Å². The van der Waals surface area contributed by atoms with Crippen molar-refractivity contribution in [2.24, 2.45) is 0 Å². The van der Waals surface area contributed by atoms with E-state index in [1.807, 2.05) is 0 Å². The van der Waals surface area contributed by atoms with Crippen LogP contribution in [0.4, 0.5) is 0 Å². The quantitative estimate of drug-likeness (QED) is 0.106. The maximum Gasteiger partial charge on any atom is 0.147 e. The van der Waals surface area contributed by atoms with Gasteiger partial charge in [0.2, 0.25) is 0 Å². The zero-order valence-corrected chi connectivity index (χ0v) is 26.4. The number of rotatable bonds is 6. The molecule has 0 radical (unpaired) electrons. The molecule has 0 amide bonds. The molecule has 0 aliphatic rings. The lowest BCUT2D eigenvalue weighted by atomic mass is 9.97. The standard InChI is InChI=1S/C42H33N2P/c1-3-12-32(13-4-2)45(33-15-6-5-7-16-33)34-24-20-29(21-25-34)31-23-26-36-37-27-22-30-14-8-9-17-35(30)41(37)42-43-38-18-10-11-19-39(38)44(42)40(36)28-31/h3,5-28H,4H2,1-2H3/b12-3-,32-13+. The van der Waals surface area contributed by atoms with E-state index in [0.717, 1.165) is 23.1 Å². The van der Waals surface area contributed by atoms with Crippen molar-refractivity contribution >= 4 is 67.7 Å². The van der Waals surface area contributed by atoms with Crippen molar-refractivity contribution in [1.29, 1.82) is 0 Å². The zero-order valence-electron chi connectivity index (χ0n) is 25.5. The molecule has 0 aliphatic carbocycles. The summed E-state index contributed by atoms with van der Waals surface area (Å²) in [7, 11) is -0.645. The SMILES string of the molecule is C/C=C\C(=C/CC)P(c1ccccc1)c1ccc(-c2ccc3c4ccc5ccccc5c4c4nc5ccccc5n4c3c2)cc1. The lowest BCUT2D eigenvalue weighted by molar-refractivity contribution is 1.22. The third-order valence-electron chi connectivity index (χ3n) is 8.72. The van der Waals surface area contributed by atoms with E-state index in [9.17, 15) is 0 Å². The van der Waals surface area contributed by atoms with Crippen LogP contribution in [0.3, 0.4) is 0 Å². The Morgan fingerprint density at radius 2 is 1.38 bits per heavy atom. The van der Waals surface area contributed by atoms with Gasteiger partial charge < -0.3 is 0 Å². The van der Waals surface area contributed by atoms with E-state index in [2.05, 4.69) is 170 Å². The third-order valence-corrected chi connectivity index (χ3v) is 11.2. The topological polar surface area (TPSA) is 17.3 Å². The van der Waals surface area contributed by atoms with E-state index in [1.165, 1.54) is 59.5 Å². The van der Waals surface area contributed by atoms with E-state index in [1.54, 1.807) is 0 Å². The molecular weight excluding hydrogens is 563 g/mol. The Labute approximate surface area is 264 Å². The van der Waals surface area contributed by atoms with Gasteiger partial charge in [0.15, 0.2) is 0 Å². The number of hydrogen-bond acceptors (Lipinski definition) is 1. The summed E-state index contributed by atoms with van der Waals surface area (Å²) in [5.41, 5.74) is 6.75. The number of para-hydroxylation sites is 2. The Bertz CT molecular complexity index is 2410. The highest BCUT2D eigenvalue weighted by Gasteiger charge is 2.19. The average molecular weight is 597 g/mol. The second-order valence-electron chi connectivity index (χ2n) is 11.5. The Morgan fingerprint density at radius 1 is 0.667 bits per heavy atom. The molecule has 0 aliphatic heterocycles. The van der Waals surface area contributed by atoms with E-state index < -0.39 is 7.92 Å². The molecule has 45 heavy (non-hydrogen) atoms. The minimum atomic E-state index is -0.645. The fourth-order valence-electron chi connectivity index (χ4n) is 6.74. The molecule has 0 spiro atoms.